The van der Waals surface area contributed by atoms with E-state index in [0.717, 1.165) is 16.6 Å². The number of anilines is 1. The Labute approximate surface area is 173 Å². The highest BCUT2D eigenvalue weighted by Crippen LogP contribution is 2.30. The highest BCUT2D eigenvalue weighted by Gasteiger charge is 2.15. The van der Waals surface area contributed by atoms with Gasteiger partial charge >= 0.3 is 0 Å². The van der Waals surface area contributed by atoms with Crippen molar-refractivity contribution in [3.63, 3.8) is 0 Å². The fourth-order valence-corrected chi connectivity index (χ4v) is 3.45. The number of amides is 1. The molecule has 30 heavy (non-hydrogen) atoms. The number of hydrogen-bond donors (Lipinski definition) is 3. The molecule has 1 atom stereocenters. The number of aromatic nitrogens is 3. The SMILES string of the molecule is COc1ccc(/C=C/C(=O)Nc2cccc3ccn(C(C)c4cc[nH]n4)c23)cc1O. The first-order valence-electron chi connectivity index (χ1n) is 9.52. The Kier molecular flexibility index (Phi) is 5.26. The van der Waals surface area contributed by atoms with E-state index in [1.54, 1.807) is 30.5 Å². The largest absolute Gasteiger partial charge is 0.504 e. The van der Waals surface area contributed by atoms with Crippen LogP contribution in [-0.4, -0.2) is 32.9 Å². The van der Waals surface area contributed by atoms with E-state index in [0.29, 0.717) is 17.0 Å². The normalized spacial score (nSPS) is 12.3. The summed E-state index contributed by atoms with van der Waals surface area (Å²) in [6.07, 6.45) is 6.86. The number of nitrogens with zero attached hydrogens (tertiary/aromatic N) is 2. The van der Waals surface area contributed by atoms with Gasteiger partial charge in [-0.3, -0.25) is 9.89 Å². The zero-order valence-electron chi connectivity index (χ0n) is 16.7. The minimum absolute atomic E-state index is 0.00428. The van der Waals surface area contributed by atoms with Gasteiger partial charge in [0.05, 0.1) is 30.0 Å². The number of rotatable bonds is 6. The first kappa shape index (κ1) is 19.3. The lowest BCUT2D eigenvalue weighted by Gasteiger charge is -2.15. The molecule has 4 aromatic rings. The van der Waals surface area contributed by atoms with Gasteiger partial charge in [0, 0.05) is 23.9 Å². The van der Waals surface area contributed by atoms with Crippen LogP contribution in [0.15, 0.2) is 67.0 Å². The molecule has 7 heteroatoms. The van der Waals surface area contributed by atoms with Crippen LogP contribution in [0.25, 0.3) is 17.0 Å². The van der Waals surface area contributed by atoms with Gasteiger partial charge < -0.3 is 19.7 Å². The molecule has 0 spiro atoms. The van der Waals surface area contributed by atoms with E-state index in [4.69, 9.17) is 4.74 Å². The predicted molar refractivity (Wildman–Crippen MR) is 117 cm³/mol. The zero-order chi connectivity index (χ0) is 21.1. The first-order chi connectivity index (χ1) is 14.6. The monoisotopic (exact) mass is 402 g/mol. The molecule has 0 bridgehead atoms. The number of methoxy groups -OCH3 is 1. The van der Waals surface area contributed by atoms with Crippen molar-refractivity contribution in [2.45, 2.75) is 13.0 Å². The molecule has 0 saturated carbocycles. The van der Waals surface area contributed by atoms with Crippen molar-refractivity contribution in [3.05, 3.63) is 78.3 Å². The third-order valence-corrected chi connectivity index (χ3v) is 5.00. The molecule has 1 amide bonds. The molecule has 0 saturated heterocycles. The Balaban J connectivity index is 1.58. The number of carbonyl (C=O) groups is 1. The maximum Gasteiger partial charge on any atom is 0.248 e. The topological polar surface area (TPSA) is 92.2 Å². The summed E-state index contributed by atoms with van der Waals surface area (Å²) >= 11 is 0. The number of H-pyrrole nitrogens is 1. The van der Waals surface area contributed by atoms with Gasteiger partial charge in [0.2, 0.25) is 5.91 Å². The molecular weight excluding hydrogens is 380 g/mol. The second kappa shape index (κ2) is 8.16. The standard InChI is InChI=1S/C23H22N4O3/c1-15(18-10-12-24-26-18)27-13-11-17-4-3-5-19(23(17)27)25-22(29)9-7-16-6-8-21(30-2)20(28)14-16/h3-15,28H,1-2H3,(H,24,26)(H,25,29)/b9-7+. The Hall–Kier alpha value is -4.00. The van der Waals surface area contributed by atoms with Crippen molar-refractivity contribution in [1.82, 2.24) is 14.8 Å². The van der Waals surface area contributed by atoms with Crippen molar-refractivity contribution < 1.29 is 14.6 Å². The maximum absolute atomic E-state index is 12.6. The lowest BCUT2D eigenvalue weighted by atomic mass is 10.1. The van der Waals surface area contributed by atoms with Gasteiger partial charge in [-0.05, 0) is 48.9 Å². The number of ether oxygens (including phenoxy) is 1. The summed E-state index contributed by atoms with van der Waals surface area (Å²) in [4.78, 5) is 12.6. The van der Waals surface area contributed by atoms with Crippen LogP contribution in [0.2, 0.25) is 0 Å². The fraction of sp³-hybridized carbons (Fsp3) is 0.130. The fourth-order valence-electron chi connectivity index (χ4n) is 3.45. The molecule has 1 unspecified atom stereocenters. The highest BCUT2D eigenvalue weighted by atomic mass is 16.5. The van der Waals surface area contributed by atoms with Gasteiger partial charge in [-0.1, -0.05) is 18.2 Å². The van der Waals surface area contributed by atoms with Gasteiger partial charge in [0.25, 0.3) is 0 Å². The smallest absolute Gasteiger partial charge is 0.248 e. The van der Waals surface area contributed by atoms with Gasteiger partial charge in [0.1, 0.15) is 0 Å². The van der Waals surface area contributed by atoms with Crippen LogP contribution in [0, 0.1) is 0 Å². The number of phenolic OH excluding ortho intramolecular Hbond substituents is 1. The summed E-state index contributed by atoms with van der Waals surface area (Å²) in [5.41, 5.74) is 3.24. The third-order valence-electron chi connectivity index (χ3n) is 5.00. The predicted octanol–water partition coefficient (Wildman–Crippen LogP) is 4.34. The van der Waals surface area contributed by atoms with E-state index in [-0.39, 0.29) is 17.7 Å². The summed E-state index contributed by atoms with van der Waals surface area (Å²) in [7, 11) is 1.49. The van der Waals surface area contributed by atoms with Gasteiger partial charge in [-0.2, -0.15) is 5.10 Å². The molecule has 0 aliphatic carbocycles. The van der Waals surface area contributed by atoms with Crippen molar-refractivity contribution in [2.24, 2.45) is 0 Å². The lowest BCUT2D eigenvalue weighted by molar-refractivity contribution is -0.111. The van der Waals surface area contributed by atoms with Crippen molar-refractivity contribution in [3.8, 4) is 11.5 Å². The number of hydrogen-bond acceptors (Lipinski definition) is 4. The number of nitrogens with one attached hydrogen (secondary N) is 2. The molecule has 7 nitrogen and oxygen atoms in total. The molecule has 3 N–H and O–H groups in total. The number of para-hydroxylation sites is 1. The van der Waals surface area contributed by atoms with Crippen molar-refractivity contribution in [2.75, 3.05) is 12.4 Å². The van der Waals surface area contributed by atoms with Crippen molar-refractivity contribution in [1.29, 1.82) is 0 Å². The Morgan fingerprint density at radius 2 is 2.13 bits per heavy atom. The minimum atomic E-state index is -0.266. The van der Waals surface area contributed by atoms with Crippen LogP contribution >= 0.6 is 0 Å². The summed E-state index contributed by atoms with van der Waals surface area (Å²) in [5, 5.41) is 21.0. The average molecular weight is 402 g/mol. The number of fused-ring (bicyclic) bond motifs is 1. The van der Waals surface area contributed by atoms with E-state index in [2.05, 4.69) is 27.0 Å². The lowest BCUT2D eigenvalue weighted by Crippen LogP contribution is -2.11. The molecule has 2 aromatic heterocycles. The molecular formula is C23H22N4O3. The van der Waals surface area contributed by atoms with E-state index < -0.39 is 0 Å². The summed E-state index contributed by atoms with van der Waals surface area (Å²) < 4.78 is 7.12. The Morgan fingerprint density at radius 3 is 2.87 bits per heavy atom. The Morgan fingerprint density at radius 1 is 1.27 bits per heavy atom. The number of aromatic hydroxyl groups is 1. The van der Waals surface area contributed by atoms with E-state index in [1.165, 1.54) is 13.2 Å². The van der Waals surface area contributed by atoms with E-state index >= 15 is 0 Å². The molecule has 0 aliphatic heterocycles. The molecule has 0 aliphatic rings. The van der Waals surface area contributed by atoms with Crippen LogP contribution in [0.1, 0.15) is 24.2 Å². The average Bonchev–Trinajstić information content (AvgIpc) is 3.42. The molecule has 0 radical (unpaired) electrons. The molecule has 4 rings (SSSR count). The summed E-state index contributed by atoms with van der Waals surface area (Å²) in [5.74, 6) is 0.142. The number of aromatic amines is 1. The van der Waals surface area contributed by atoms with Gasteiger partial charge in [0.15, 0.2) is 11.5 Å². The number of phenols is 1. The second-order valence-corrected chi connectivity index (χ2v) is 6.90. The third kappa shape index (κ3) is 3.77. The zero-order valence-corrected chi connectivity index (χ0v) is 16.7. The summed E-state index contributed by atoms with van der Waals surface area (Å²) in [6.45, 7) is 2.06. The highest BCUT2D eigenvalue weighted by molar-refractivity contribution is 6.07. The first-order valence-corrected chi connectivity index (χ1v) is 9.52. The quantitative estimate of drug-likeness (QED) is 0.418. The van der Waals surface area contributed by atoms with Crippen LogP contribution in [-0.2, 0) is 4.79 Å². The molecule has 2 heterocycles. The van der Waals surface area contributed by atoms with Crippen LogP contribution in [0.3, 0.4) is 0 Å². The Bertz CT molecular complexity index is 1210. The number of benzene rings is 2. The second-order valence-electron chi connectivity index (χ2n) is 6.90. The van der Waals surface area contributed by atoms with Crippen molar-refractivity contribution >= 4 is 28.6 Å². The molecule has 2 aromatic carbocycles. The van der Waals surface area contributed by atoms with Gasteiger partial charge in [-0.25, -0.2) is 0 Å². The van der Waals surface area contributed by atoms with E-state index in [1.807, 2.05) is 36.5 Å². The van der Waals surface area contributed by atoms with E-state index in [9.17, 15) is 9.90 Å². The molecule has 0 fully saturated rings. The number of carbonyl (C=O) groups excluding carboxylic acids is 1. The van der Waals surface area contributed by atoms with Crippen LogP contribution in [0.5, 0.6) is 11.5 Å². The van der Waals surface area contributed by atoms with Crippen LogP contribution < -0.4 is 10.1 Å². The maximum atomic E-state index is 12.6. The molecule has 152 valence electrons. The van der Waals surface area contributed by atoms with Crippen LogP contribution in [0.4, 0.5) is 5.69 Å². The van der Waals surface area contributed by atoms with Gasteiger partial charge in [-0.15, -0.1) is 0 Å². The summed E-state index contributed by atoms with van der Waals surface area (Å²) in [6, 6.07) is 14.7. The minimum Gasteiger partial charge on any atom is -0.504 e.